The number of nitrogens with two attached hydrogens (primary N) is 1. The van der Waals surface area contributed by atoms with E-state index in [0.717, 1.165) is 28.7 Å². The smallest absolute Gasteiger partial charge is 0.123 e. The summed E-state index contributed by atoms with van der Waals surface area (Å²) < 4.78 is 15.3. The number of hydrogen-bond acceptors (Lipinski definition) is 1. The van der Waals surface area contributed by atoms with Gasteiger partial charge in [-0.25, -0.2) is 4.39 Å². The van der Waals surface area contributed by atoms with Gasteiger partial charge < -0.3 is 10.3 Å². The Balaban J connectivity index is 2.04. The predicted molar refractivity (Wildman–Crippen MR) is 76.6 cm³/mol. The molecule has 3 rings (SSSR count). The third-order valence-corrected chi connectivity index (χ3v) is 3.56. The molecule has 0 unspecified atom stereocenters. The molecule has 0 radical (unpaired) electrons. The van der Waals surface area contributed by atoms with Gasteiger partial charge in [-0.3, -0.25) is 0 Å². The number of fused-ring (bicyclic) bond motifs is 1. The van der Waals surface area contributed by atoms with Crippen molar-refractivity contribution in [2.45, 2.75) is 13.5 Å². The van der Waals surface area contributed by atoms with Crippen molar-refractivity contribution in [3.63, 3.8) is 0 Å². The Bertz CT molecular complexity index is 744. The molecule has 0 aliphatic heterocycles. The molecule has 0 fully saturated rings. The molecule has 2 N–H and O–H groups in total. The Morgan fingerprint density at radius 2 is 2.00 bits per heavy atom. The maximum Gasteiger partial charge on any atom is 0.123 e. The van der Waals surface area contributed by atoms with Gasteiger partial charge in [0.05, 0.1) is 0 Å². The monoisotopic (exact) mass is 254 g/mol. The summed E-state index contributed by atoms with van der Waals surface area (Å²) in [5.74, 6) is -0.203. The molecule has 0 aliphatic carbocycles. The molecule has 2 aromatic carbocycles. The second-order valence-corrected chi connectivity index (χ2v) is 4.78. The highest BCUT2D eigenvalue weighted by molar-refractivity contribution is 5.80. The summed E-state index contributed by atoms with van der Waals surface area (Å²) in [7, 11) is 0. The molecular weight excluding hydrogens is 239 g/mol. The number of anilines is 1. The van der Waals surface area contributed by atoms with Crippen molar-refractivity contribution < 1.29 is 4.39 Å². The number of nitrogen functional groups attached to an aromatic ring is 1. The van der Waals surface area contributed by atoms with Crippen LogP contribution in [0.4, 0.5) is 10.1 Å². The van der Waals surface area contributed by atoms with Crippen LogP contribution < -0.4 is 5.73 Å². The minimum atomic E-state index is -0.203. The van der Waals surface area contributed by atoms with Gasteiger partial charge in [0.15, 0.2) is 0 Å². The van der Waals surface area contributed by atoms with Crippen molar-refractivity contribution >= 4 is 16.6 Å². The summed E-state index contributed by atoms with van der Waals surface area (Å²) >= 11 is 0. The second-order valence-electron chi connectivity index (χ2n) is 4.78. The maximum atomic E-state index is 13.2. The zero-order chi connectivity index (χ0) is 13.4. The van der Waals surface area contributed by atoms with Crippen molar-refractivity contribution in [2.75, 3.05) is 5.73 Å². The summed E-state index contributed by atoms with van der Waals surface area (Å²) in [5, 5.41) is 0.918. The van der Waals surface area contributed by atoms with Crippen LogP contribution in [-0.2, 0) is 6.54 Å². The minimum absolute atomic E-state index is 0.203. The molecular formula is C16H15FN2. The zero-order valence-corrected chi connectivity index (χ0v) is 10.7. The van der Waals surface area contributed by atoms with E-state index in [1.165, 1.54) is 11.6 Å². The summed E-state index contributed by atoms with van der Waals surface area (Å²) in [5.41, 5.74) is 10.0. The molecule has 0 spiro atoms. The molecule has 2 nitrogen and oxygen atoms in total. The molecule has 0 saturated carbocycles. The second kappa shape index (κ2) is 4.43. The zero-order valence-electron chi connectivity index (χ0n) is 10.7. The average molecular weight is 254 g/mol. The molecule has 0 bridgehead atoms. The van der Waals surface area contributed by atoms with Crippen molar-refractivity contribution in [1.29, 1.82) is 0 Å². The first-order chi connectivity index (χ1) is 9.15. The van der Waals surface area contributed by atoms with Crippen LogP contribution in [0.5, 0.6) is 0 Å². The third-order valence-electron chi connectivity index (χ3n) is 3.56. The first-order valence-electron chi connectivity index (χ1n) is 6.23. The summed E-state index contributed by atoms with van der Waals surface area (Å²) in [6, 6.07) is 12.7. The van der Waals surface area contributed by atoms with E-state index in [1.807, 2.05) is 37.4 Å². The lowest BCUT2D eigenvalue weighted by molar-refractivity contribution is 0.629. The van der Waals surface area contributed by atoms with Crippen LogP contribution in [0.2, 0.25) is 0 Å². The van der Waals surface area contributed by atoms with E-state index in [1.54, 1.807) is 6.07 Å². The lowest BCUT2D eigenvalue weighted by Crippen LogP contribution is -2.02. The molecule has 0 saturated heterocycles. The predicted octanol–water partition coefficient (Wildman–Crippen LogP) is 3.72. The number of benzene rings is 2. The van der Waals surface area contributed by atoms with Gasteiger partial charge in [-0.15, -0.1) is 0 Å². The Morgan fingerprint density at radius 3 is 2.84 bits per heavy atom. The van der Waals surface area contributed by atoms with E-state index in [-0.39, 0.29) is 5.82 Å². The molecule has 3 aromatic rings. The van der Waals surface area contributed by atoms with Crippen LogP contribution in [0, 0.1) is 12.7 Å². The average Bonchev–Trinajstić information content (AvgIpc) is 2.77. The first kappa shape index (κ1) is 11.8. The highest BCUT2D eigenvalue weighted by atomic mass is 19.1. The van der Waals surface area contributed by atoms with Crippen LogP contribution in [-0.4, -0.2) is 4.57 Å². The van der Waals surface area contributed by atoms with E-state index in [4.69, 9.17) is 5.73 Å². The largest absolute Gasteiger partial charge is 0.399 e. The van der Waals surface area contributed by atoms with Crippen LogP contribution in [0.15, 0.2) is 48.7 Å². The van der Waals surface area contributed by atoms with Gasteiger partial charge in [-0.1, -0.05) is 12.1 Å². The van der Waals surface area contributed by atoms with Crippen molar-refractivity contribution in [3.8, 4) is 0 Å². The van der Waals surface area contributed by atoms with E-state index in [9.17, 15) is 4.39 Å². The molecule has 96 valence electrons. The Labute approximate surface area is 111 Å². The van der Waals surface area contributed by atoms with Gasteiger partial charge in [0, 0.05) is 29.3 Å². The van der Waals surface area contributed by atoms with E-state index >= 15 is 0 Å². The number of rotatable bonds is 2. The molecule has 0 amide bonds. The number of aromatic nitrogens is 1. The summed E-state index contributed by atoms with van der Waals surface area (Å²) in [4.78, 5) is 0. The molecule has 3 heteroatoms. The van der Waals surface area contributed by atoms with Crippen LogP contribution in [0.3, 0.4) is 0 Å². The Morgan fingerprint density at radius 1 is 1.16 bits per heavy atom. The maximum absolute atomic E-state index is 13.2. The quantitative estimate of drug-likeness (QED) is 0.694. The minimum Gasteiger partial charge on any atom is -0.399 e. The van der Waals surface area contributed by atoms with Crippen LogP contribution in [0.1, 0.15) is 11.1 Å². The molecule has 1 aromatic heterocycles. The lowest BCUT2D eigenvalue weighted by atomic mass is 10.1. The summed E-state index contributed by atoms with van der Waals surface area (Å²) in [6.07, 6.45) is 1.98. The molecule has 0 atom stereocenters. The Hall–Kier alpha value is -2.29. The van der Waals surface area contributed by atoms with E-state index in [2.05, 4.69) is 10.6 Å². The van der Waals surface area contributed by atoms with Gasteiger partial charge in [0.2, 0.25) is 0 Å². The Kier molecular flexibility index (Phi) is 2.75. The fraction of sp³-hybridized carbons (Fsp3) is 0.125. The standard InChI is InChI=1S/C16H15FN2/c1-11-13(3-2-4-15(11)18)10-19-8-7-12-9-14(17)5-6-16(12)19/h2-9H,10,18H2,1H3. The fourth-order valence-corrected chi connectivity index (χ4v) is 2.37. The SMILES string of the molecule is Cc1c(N)cccc1Cn1ccc2cc(F)ccc21. The normalized spacial score (nSPS) is 11.1. The topological polar surface area (TPSA) is 30.9 Å². The summed E-state index contributed by atoms with van der Waals surface area (Å²) in [6.45, 7) is 2.77. The first-order valence-corrected chi connectivity index (χ1v) is 6.23. The number of hydrogen-bond donors (Lipinski definition) is 1. The molecule has 0 aliphatic rings. The highest BCUT2D eigenvalue weighted by Gasteiger charge is 2.06. The van der Waals surface area contributed by atoms with Crippen molar-refractivity contribution in [1.82, 2.24) is 4.57 Å². The van der Waals surface area contributed by atoms with Crippen LogP contribution in [0.25, 0.3) is 10.9 Å². The highest BCUT2D eigenvalue weighted by Crippen LogP contribution is 2.21. The molecule has 19 heavy (non-hydrogen) atoms. The fourth-order valence-electron chi connectivity index (χ4n) is 2.37. The van der Waals surface area contributed by atoms with Gasteiger partial charge in [0.25, 0.3) is 0 Å². The van der Waals surface area contributed by atoms with Crippen molar-refractivity contribution in [3.05, 3.63) is 65.6 Å². The van der Waals surface area contributed by atoms with E-state index in [0.29, 0.717) is 0 Å². The number of nitrogens with zero attached hydrogens (tertiary/aromatic N) is 1. The van der Waals surface area contributed by atoms with Crippen LogP contribution >= 0.6 is 0 Å². The lowest BCUT2D eigenvalue weighted by Gasteiger charge is -2.10. The molecule has 1 heterocycles. The van der Waals surface area contributed by atoms with Gasteiger partial charge in [-0.05, 0) is 48.4 Å². The van der Waals surface area contributed by atoms with Gasteiger partial charge in [0.1, 0.15) is 5.82 Å². The van der Waals surface area contributed by atoms with Gasteiger partial charge in [-0.2, -0.15) is 0 Å². The van der Waals surface area contributed by atoms with Crippen molar-refractivity contribution in [2.24, 2.45) is 0 Å². The number of halogens is 1. The van der Waals surface area contributed by atoms with Gasteiger partial charge >= 0.3 is 0 Å². The third kappa shape index (κ3) is 2.08. The van der Waals surface area contributed by atoms with E-state index < -0.39 is 0 Å².